The summed E-state index contributed by atoms with van der Waals surface area (Å²) in [7, 11) is 0. The molecule has 6 aromatic carbocycles. The van der Waals surface area contributed by atoms with Gasteiger partial charge in [-0.25, -0.2) is 58.7 Å². The second kappa shape index (κ2) is 41.3. The van der Waals surface area contributed by atoms with Crippen molar-refractivity contribution in [3.63, 3.8) is 0 Å². The van der Waals surface area contributed by atoms with E-state index in [4.69, 9.17) is 52.2 Å². The number of aryl methyl sites for hydroxylation is 3. The molecule has 0 radical (unpaired) electrons. The van der Waals surface area contributed by atoms with Crippen molar-refractivity contribution >= 4 is 283 Å². The van der Waals surface area contributed by atoms with E-state index in [0.29, 0.717) is 61.0 Å². The van der Waals surface area contributed by atoms with Gasteiger partial charge in [-0.05, 0) is 116 Å². The fourth-order valence-electron chi connectivity index (χ4n) is 10.2. The van der Waals surface area contributed by atoms with Crippen LogP contribution in [0, 0.1) is 20.8 Å². The number of thiazole rings is 6. The van der Waals surface area contributed by atoms with Crippen molar-refractivity contribution in [2.75, 3.05) is 45.7 Å². The Morgan fingerprint density at radius 2 is 0.574 bits per heavy atom. The minimum atomic E-state index is -0.896. The smallest absolute Gasteiger partial charge is 0.329 e. The molecule has 0 aliphatic carbocycles. The van der Waals surface area contributed by atoms with E-state index in [1.54, 1.807) is 58.3 Å². The first-order chi connectivity index (χ1) is 53.3. The molecule has 20 N–H and O–H groups in total. The van der Waals surface area contributed by atoms with Gasteiger partial charge in [-0.15, -0.1) is 144 Å². The van der Waals surface area contributed by atoms with Crippen molar-refractivity contribution in [3.8, 4) is 0 Å². The Kier molecular flexibility index (Phi) is 33.0. The van der Waals surface area contributed by atoms with Gasteiger partial charge in [0.05, 0.1) is 67.0 Å². The SMILES string of the molecule is Cc1ccc2nc(C3=NC(C(=O)O)CS3)sc2c1.Cc1ccc2nc(C3=NC(C(=O)O)CS3)sc2c1.Cc1ccc2nc(C3=NC(C(=O)O)CS3)sc2c1.NNc1ccc2nc(C3=NC(C(=O)O)CS3)sc2c1.Nc1ccc2nc(C3=NC(C(=O)O)CS3)sc2c1.O.O.O.O.[N-]=[V].[NH-]c1ccc2nc(C3=NC(C(=O)O)CS3)sc2c1. The van der Waals surface area contributed by atoms with Crippen LogP contribution in [0.25, 0.3) is 71.2 Å². The van der Waals surface area contributed by atoms with Gasteiger partial charge in [0.1, 0.15) is 60.3 Å². The number of hydrogen-bond donors (Lipinski definition) is 9. The van der Waals surface area contributed by atoms with Gasteiger partial charge in [-0.2, -0.15) is 0 Å². The Balaban J connectivity index is 0.000000171. The van der Waals surface area contributed by atoms with Crippen LogP contribution in [-0.2, 0) is 46.0 Å². The van der Waals surface area contributed by atoms with Crippen molar-refractivity contribution in [1.29, 1.82) is 0 Å². The van der Waals surface area contributed by atoms with Crippen LogP contribution in [0.1, 0.15) is 46.7 Å². The number of anilines is 2. The van der Waals surface area contributed by atoms with Gasteiger partial charge in [0.15, 0.2) is 36.3 Å². The molecule has 6 aromatic heterocycles. The first kappa shape index (κ1) is 91.7. The van der Waals surface area contributed by atoms with E-state index in [9.17, 15) is 28.8 Å². The molecular weight excluding hydrogens is 1760 g/mol. The monoisotopic (exact) mass is 1820 g/mol. The van der Waals surface area contributed by atoms with E-state index < -0.39 is 72.1 Å². The standard InChI is InChI=1S/3C12H10N2O2S2.C11H10N4O2S2.2C11H9N3O2S2.N.4H2O.V/c3*1-6-2-3-7-9(4-6)18-11(13-7)10-14-8(5-17-10)12(15)16;12-15-5-1-2-6-8(3-5)19-10(13-6)9-14-7(4-18-9)11(16)17;2*12-5-1-2-6-8(3-5)18-10(13-6)9-14-7(4-17-9)11(15)16;;;;;;/h3*2-4,8H,5H2,1H3,(H,15,16);1-3,7,15H,4,12H2,(H,16,17);1-3,7H,4H2,(H3,12,14,15,16);1-3,7H,4,12H2,(H,15,16);;4*1H2;/q;;;;;;-1;;;;;/p-1. The summed E-state index contributed by atoms with van der Waals surface area (Å²) in [5.41, 5.74) is 26.8. The predicted octanol–water partition coefficient (Wildman–Crippen LogP) is 10.9. The van der Waals surface area contributed by atoms with E-state index in [0.717, 1.165) is 112 Å². The number of aromatic nitrogens is 6. The van der Waals surface area contributed by atoms with Gasteiger partial charge in [-0.3, -0.25) is 35.8 Å². The second-order valence-electron chi connectivity index (χ2n) is 23.9. The van der Waals surface area contributed by atoms with Crippen LogP contribution in [-0.4, -0.2) is 219 Å². The molecule has 33 nitrogen and oxygen atoms in total. The Morgan fingerprint density at radius 3 is 0.817 bits per heavy atom. The molecule has 6 atom stereocenters. The molecule has 6 unspecified atom stereocenters. The predicted molar refractivity (Wildman–Crippen MR) is 468 cm³/mol. The fourth-order valence-corrected chi connectivity index (χ4v) is 23.0. The number of nitrogens with zero attached hydrogens (tertiary/aromatic N) is 13. The first-order valence-corrected chi connectivity index (χ1v) is 43.9. The Labute approximate surface area is 709 Å². The van der Waals surface area contributed by atoms with Gasteiger partial charge in [0, 0.05) is 40.2 Å². The van der Waals surface area contributed by atoms with E-state index >= 15 is 0 Å². The van der Waals surface area contributed by atoms with Crippen LogP contribution in [0.4, 0.5) is 17.1 Å². The van der Waals surface area contributed by atoms with Crippen LogP contribution in [0.3, 0.4) is 0 Å². The van der Waals surface area contributed by atoms with Crippen molar-refractivity contribution in [1.82, 2.24) is 29.9 Å². The van der Waals surface area contributed by atoms with Gasteiger partial charge in [-0.1, -0.05) is 30.3 Å². The number of carbonyl (C=O) groups is 6. The Bertz CT molecular complexity index is 5180. The number of nitrogens with two attached hydrogens (primary N) is 2. The number of aliphatic carboxylic acids is 6. The normalized spacial score (nSPS) is 18.1. The van der Waals surface area contributed by atoms with Gasteiger partial charge in [0.2, 0.25) is 0 Å². The number of thioether (sulfide) groups is 6. The first-order valence-electron chi connectivity index (χ1n) is 32.4. The van der Waals surface area contributed by atoms with Crippen LogP contribution < -0.4 is 17.0 Å². The maximum absolute atomic E-state index is 10.9. The summed E-state index contributed by atoms with van der Waals surface area (Å²) in [6.45, 7) is 6.13. The van der Waals surface area contributed by atoms with Gasteiger partial charge in [0.25, 0.3) is 0 Å². The molecule has 12 heterocycles. The summed E-state index contributed by atoms with van der Waals surface area (Å²) >= 11 is 19.1. The summed E-state index contributed by atoms with van der Waals surface area (Å²) in [6, 6.07) is 30.8. The van der Waals surface area contributed by atoms with Crippen LogP contribution in [0.5, 0.6) is 0 Å². The molecular formula is C69H65N17O16S12V-2. The number of hydrazine groups is 1. The zero-order valence-electron chi connectivity index (χ0n) is 59.5. The largest absolute Gasteiger partial charge is 0.699 e. The maximum Gasteiger partial charge on any atom is 0.329 e. The molecule has 6 aliphatic heterocycles. The minimum absolute atomic E-state index is 0. The van der Waals surface area contributed by atoms with Crippen molar-refractivity contribution in [2.24, 2.45) is 35.8 Å². The molecule has 0 fully saturated rings. The molecule has 0 saturated carbocycles. The Hall–Kier alpha value is -8.82. The zero-order valence-corrected chi connectivity index (χ0v) is 70.7. The Morgan fingerprint density at radius 1 is 0.357 bits per heavy atom. The number of rotatable bonds is 13. The van der Waals surface area contributed by atoms with E-state index in [2.05, 4.69) is 83.5 Å². The quantitative estimate of drug-likeness (QED) is 0.0294. The fraction of sp³-hybridized carbons (Fsp3) is 0.217. The number of fused-ring (bicyclic) bond motifs is 6. The number of nitrogens with one attached hydrogen (secondary N) is 2. The topological polar surface area (TPSA) is 611 Å². The minimum Gasteiger partial charge on any atom is -0.699 e. The number of carboxylic acid groups (broad SMARTS) is 6. The molecule has 18 rings (SSSR count). The molecule has 0 bridgehead atoms. The number of nitrogen functional groups attached to an aromatic ring is 2. The zero-order chi connectivity index (χ0) is 78.9. The van der Waals surface area contributed by atoms with E-state index in [1.165, 1.54) is 139 Å². The number of benzene rings is 6. The summed E-state index contributed by atoms with van der Waals surface area (Å²) in [5.74, 6) is 3.00. The summed E-state index contributed by atoms with van der Waals surface area (Å²) < 4.78 is 13.2. The molecule has 601 valence electrons. The molecule has 46 heteroatoms. The van der Waals surface area contributed by atoms with E-state index in [-0.39, 0.29) is 21.9 Å². The molecule has 0 spiro atoms. The molecule has 12 aromatic rings. The van der Waals surface area contributed by atoms with Crippen molar-refractivity contribution in [2.45, 2.75) is 57.0 Å². The van der Waals surface area contributed by atoms with Gasteiger partial charge >= 0.3 is 57.3 Å². The summed E-state index contributed by atoms with van der Waals surface area (Å²) in [5, 5.41) is 62.6. The third kappa shape index (κ3) is 22.9. The third-order valence-corrected chi connectivity index (χ3v) is 29.0. The number of aliphatic imine (C=N–C) groups is 6. The molecule has 115 heavy (non-hydrogen) atoms. The molecule has 0 amide bonds. The van der Waals surface area contributed by atoms with Crippen molar-refractivity contribution < 1.29 is 98.5 Å². The average Bonchev–Trinajstić information content (AvgIpc) is 1.70. The maximum atomic E-state index is 10.9. The van der Waals surface area contributed by atoms with Crippen LogP contribution >= 0.6 is 139 Å². The summed E-state index contributed by atoms with van der Waals surface area (Å²) in [4.78, 5) is 117. The van der Waals surface area contributed by atoms with E-state index in [1.807, 2.05) is 87.5 Å². The van der Waals surface area contributed by atoms with Crippen LogP contribution in [0.15, 0.2) is 139 Å². The average molecular weight is 1820 g/mol. The number of hydrogen-bond acceptors (Lipinski definition) is 33. The van der Waals surface area contributed by atoms with Gasteiger partial charge < -0.3 is 69.4 Å². The van der Waals surface area contributed by atoms with Crippen molar-refractivity contribution in [3.05, 3.63) is 166 Å². The van der Waals surface area contributed by atoms with Crippen LogP contribution in [0.2, 0.25) is 0 Å². The second-order valence-corrected chi connectivity index (χ2v) is 36.1. The third-order valence-electron chi connectivity index (χ3n) is 15.7. The summed E-state index contributed by atoms with van der Waals surface area (Å²) in [6.07, 6.45) is 0. The molecule has 6 aliphatic rings. The number of carboxylic acids is 6. The molecule has 0 saturated heterocycles.